The molecule has 0 atom stereocenters. The SMILES string of the molecule is [B]c1c([B])c([B])c(-c2nc(-c3ccccc3)nc(-c3ccc4c(c3)oc3cccc(-c5ccc6c7ccccc7c7ccccc7c6c5)c34)n2)c([B])c1[B]. The number of aromatic nitrogens is 3. The topological polar surface area (TPSA) is 51.8 Å². The molecule has 0 aliphatic rings. The van der Waals surface area contributed by atoms with Gasteiger partial charge in [0.25, 0.3) is 0 Å². The highest BCUT2D eigenvalue weighted by Crippen LogP contribution is 2.41. The van der Waals surface area contributed by atoms with Gasteiger partial charge in [0.1, 0.15) is 50.4 Å². The van der Waals surface area contributed by atoms with Crippen molar-refractivity contribution in [3.05, 3.63) is 133 Å². The molecule has 2 heterocycles. The molecule has 0 spiro atoms. The van der Waals surface area contributed by atoms with Gasteiger partial charge in [0.05, 0.1) is 0 Å². The minimum absolute atomic E-state index is 0.117. The first-order valence-corrected chi connectivity index (χ1v) is 17.5. The van der Waals surface area contributed by atoms with Crippen molar-refractivity contribution < 1.29 is 4.42 Å². The predicted octanol–water partition coefficient (Wildman–Crippen LogP) is 5.87. The van der Waals surface area contributed by atoms with Crippen molar-refractivity contribution >= 4 is 121 Å². The van der Waals surface area contributed by atoms with Gasteiger partial charge in [-0.2, -0.15) is 0 Å². The first-order chi connectivity index (χ1) is 26.4. The summed E-state index contributed by atoms with van der Waals surface area (Å²) < 4.78 is 6.55. The normalized spacial score (nSPS) is 11.7. The van der Waals surface area contributed by atoms with Crippen LogP contribution in [0.4, 0.5) is 0 Å². The van der Waals surface area contributed by atoms with Gasteiger partial charge in [-0.3, -0.25) is 0 Å². The van der Waals surface area contributed by atoms with E-state index in [2.05, 4.69) is 78.9 Å². The summed E-state index contributed by atoms with van der Waals surface area (Å²) in [7, 11) is 31.5. The molecule has 10 radical (unpaired) electrons. The third-order valence-electron chi connectivity index (χ3n) is 10.4. The van der Waals surface area contributed by atoms with Gasteiger partial charge in [-0.15, -0.1) is 16.4 Å². The van der Waals surface area contributed by atoms with Crippen LogP contribution in [0.3, 0.4) is 0 Å². The van der Waals surface area contributed by atoms with Gasteiger partial charge < -0.3 is 4.42 Å². The molecule has 0 amide bonds. The molecule has 4 nitrogen and oxygen atoms in total. The molecule has 0 fully saturated rings. The van der Waals surface area contributed by atoms with Gasteiger partial charge in [-0.05, 0) is 67.7 Å². The number of hydrogen-bond acceptors (Lipinski definition) is 4. The Labute approximate surface area is 317 Å². The van der Waals surface area contributed by atoms with E-state index in [1.54, 1.807) is 0 Å². The Morgan fingerprint density at radius 1 is 0.352 bits per heavy atom. The zero-order valence-corrected chi connectivity index (χ0v) is 28.8. The number of benzene rings is 8. The van der Waals surface area contributed by atoms with E-state index in [4.69, 9.17) is 58.6 Å². The molecule has 0 bridgehead atoms. The second-order valence-corrected chi connectivity index (χ2v) is 13.5. The van der Waals surface area contributed by atoms with E-state index in [9.17, 15) is 0 Å². The van der Waals surface area contributed by atoms with Crippen LogP contribution in [0.5, 0.6) is 0 Å². The minimum atomic E-state index is 0.117. The maximum absolute atomic E-state index is 6.55. The molecule has 10 rings (SSSR count). The Morgan fingerprint density at radius 2 is 0.870 bits per heavy atom. The first-order valence-electron chi connectivity index (χ1n) is 17.5. The summed E-state index contributed by atoms with van der Waals surface area (Å²) in [6, 6.07) is 45.7. The van der Waals surface area contributed by atoms with Crippen LogP contribution < -0.4 is 27.3 Å². The van der Waals surface area contributed by atoms with E-state index in [-0.39, 0.29) is 33.1 Å². The van der Waals surface area contributed by atoms with E-state index in [1.165, 1.54) is 32.3 Å². The molecule has 0 unspecified atom stereocenters. The van der Waals surface area contributed by atoms with Crippen molar-refractivity contribution in [1.29, 1.82) is 0 Å². The molecular formula is C45H22B5N3O. The number of hydrogen-bond donors (Lipinski definition) is 0. The van der Waals surface area contributed by atoms with Crippen LogP contribution >= 0.6 is 0 Å². The minimum Gasteiger partial charge on any atom is -0.456 e. The van der Waals surface area contributed by atoms with Gasteiger partial charge in [0, 0.05) is 27.5 Å². The van der Waals surface area contributed by atoms with Crippen molar-refractivity contribution in [3.63, 3.8) is 0 Å². The molecule has 8 aromatic carbocycles. The fraction of sp³-hybridized carbons (Fsp3) is 0. The van der Waals surface area contributed by atoms with Crippen LogP contribution in [-0.2, 0) is 0 Å². The van der Waals surface area contributed by atoms with Crippen molar-refractivity contribution in [1.82, 2.24) is 15.0 Å². The van der Waals surface area contributed by atoms with Crippen LogP contribution in [0, 0.1) is 0 Å². The van der Waals surface area contributed by atoms with E-state index in [0.717, 1.165) is 33.0 Å². The van der Waals surface area contributed by atoms with Crippen molar-refractivity contribution in [2.45, 2.75) is 0 Å². The van der Waals surface area contributed by atoms with Gasteiger partial charge in [-0.1, -0.05) is 120 Å². The lowest BCUT2D eigenvalue weighted by atomic mass is 9.60. The predicted molar refractivity (Wildman–Crippen MR) is 228 cm³/mol. The van der Waals surface area contributed by atoms with Gasteiger partial charge in [0.15, 0.2) is 17.5 Å². The summed E-state index contributed by atoms with van der Waals surface area (Å²) in [6.07, 6.45) is 0. The van der Waals surface area contributed by atoms with E-state index in [1.807, 2.05) is 54.6 Å². The zero-order valence-electron chi connectivity index (χ0n) is 28.8. The summed E-state index contributed by atoms with van der Waals surface area (Å²) in [6.45, 7) is 0. The quantitative estimate of drug-likeness (QED) is 0.173. The lowest BCUT2D eigenvalue weighted by Crippen LogP contribution is -2.55. The average Bonchev–Trinajstić information content (AvgIpc) is 3.61. The summed E-state index contributed by atoms with van der Waals surface area (Å²) >= 11 is 0. The Bertz CT molecular complexity index is 3120. The van der Waals surface area contributed by atoms with Gasteiger partial charge in [-0.25, -0.2) is 15.0 Å². The molecular weight excluding hydrogens is 653 g/mol. The molecule has 0 aliphatic heterocycles. The monoisotopic (exact) mass is 675 g/mol. The largest absolute Gasteiger partial charge is 0.456 e. The third-order valence-corrected chi connectivity index (χ3v) is 10.4. The molecule has 54 heavy (non-hydrogen) atoms. The Kier molecular flexibility index (Phi) is 7.42. The number of rotatable bonds is 4. The summed E-state index contributed by atoms with van der Waals surface area (Å²) in [4.78, 5) is 14.5. The molecule has 0 saturated carbocycles. The smallest absolute Gasteiger partial charge is 0.164 e. The zero-order chi connectivity index (χ0) is 36.7. The van der Waals surface area contributed by atoms with Crippen LogP contribution in [0.2, 0.25) is 0 Å². The van der Waals surface area contributed by atoms with E-state index in [0.29, 0.717) is 28.4 Å². The fourth-order valence-electron chi connectivity index (χ4n) is 7.70. The lowest BCUT2D eigenvalue weighted by Gasteiger charge is -2.20. The molecule has 10 aromatic rings. The van der Waals surface area contributed by atoms with Gasteiger partial charge in [0.2, 0.25) is 0 Å². The second-order valence-electron chi connectivity index (χ2n) is 13.5. The standard InChI is InChI=1S/C45H22B5N3O/c46-38-37(39(47)41(49)42(50)40(38)48)45-52-43(23-9-2-1-3-10-23)51-44(53-45)25-18-20-32-35(22-25)54-34-16-8-15-26(36(32)34)24-17-19-31-29-13-5-4-11-27(29)28-12-6-7-14-30(28)33(31)21-24/h1-22H. The summed E-state index contributed by atoms with van der Waals surface area (Å²) in [5.41, 5.74) is 6.08. The first kappa shape index (κ1) is 32.3. The summed E-state index contributed by atoms with van der Waals surface area (Å²) in [5.74, 6) is 1.03. The fourth-order valence-corrected chi connectivity index (χ4v) is 7.70. The Morgan fingerprint density at radius 3 is 1.54 bits per heavy atom. The Hall–Kier alpha value is -6.33. The average molecular weight is 675 g/mol. The number of nitrogens with zero attached hydrogens (tertiary/aromatic N) is 3. The molecule has 238 valence electrons. The van der Waals surface area contributed by atoms with Crippen molar-refractivity contribution in [2.75, 3.05) is 0 Å². The number of fused-ring (bicyclic) bond motifs is 9. The number of furan rings is 1. The lowest BCUT2D eigenvalue weighted by molar-refractivity contribution is 0.669. The molecule has 0 saturated heterocycles. The Balaban J connectivity index is 1.15. The molecule has 9 heteroatoms. The third kappa shape index (κ3) is 4.95. The molecule has 0 aliphatic carbocycles. The van der Waals surface area contributed by atoms with E-state index < -0.39 is 0 Å². The van der Waals surface area contributed by atoms with Gasteiger partial charge >= 0.3 is 0 Å². The van der Waals surface area contributed by atoms with Crippen LogP contribution in [-0.4, -0.2) is 54.2 Å². The van der Waals surface area contributed by atoms with Crippen LogP contribution in [0.15, 0.2) is 138 Å². The maximum Gasteiger partial charge on any atom is 0.164 e. The maximum atomic E-state index is 6.55. The van der Waals surface area contributed by atoms with Crippen molar-refractivity contribution in [3.8, 4) is 45.3 Å². The van der Waals surface area contributed by atoms with Crippen LogP contribution in [0.1, 0.15) is 0 Å². The van der Waals surface area contributed by atoms with Crippen LogP contribution in [0.25, 0.3) is 99.5 Å². The van der Waals surface area contributed by atoms with E-state index >= 15 is 0 Å². The highest BCUT2D eigenvalue weighted by atomic mass is 16.3. The second kappa shape index (κ2) is 12.4. The summed E-state index contributed by atoms with van der Waals surface area (Å²) in [5, 5.41) is 9.38. The van der Waals surface area contributed by atoms with Crippen molar-refractivity contribution in [2.24, 2.45) is 0 Å². The molecule has 2 aromatic heterocycles. The highest BCUT2D eigenvalue weighted by molar-refractivity contribution is 6.68. The molecule has 0 N–H and O–H groups in total. The highest BCUT2D eigenvalue weighted by Gasteiger charge is 2.20.